The Hall–Kier alpha value is -4.00. The van der Waals surface area contributed by atoms with Crippen LogP contribution in [0, 0.1) is 0 Å². The maximum Gasteiger partial charge on any atom is 0.167 e. The summed E-state index contributed by atoms with van der Waals surface area (Å²) >= 11 is 3.59. The molecule has 186 valence electrons. The van der Waals surface area contributed by atoms with E-state index in [0.29, 0.717) is 17.3 Å². The van der Waals surface area contributed by atoms with Crippen molar-refractivity contribution in [1.82, 2.24) is 19.9 Å². The van der Waals surface area contributed by atoms with E-state index in [9.17, 15) is 0 Å². The zero-order chi connectivity index (χ0) is 26.2. The maximum absolute atomic E-state index is 4.83. The molecule has 7 aromatic rings. The highest BCUT2D eigenvalue weighted by Gasteiger charge is 2.11. The van der Waals surface area contributed by atoms with Gasteiger partial charge in [0.1, 0.15) is 0 Å². The Labute approximate surface area is 228 Å². The first-order chi connectivity index (χ1) is 18.7. The van der Waals surface area contributed by atoms with Crippen LogP contribution in [0.15, 0.2) is 73.1 Å². The van der Waals surface area contributed by atoms with Crippen molar-refractivity contribution in [2.45, 2.75) is 27.7 Å². The lowest BCUT2D eigenvalue weighted by Gasteiger charge is -2.05. The van der Waals surface area contributed by atoms with Crippen LogP contribution < -0.4 is 9.75 Å². The summed E-state index contributed by atoms with van der Waals surface area (Å²) in [5.74, 6) is 1.35. The van der Waals surface area contributed by atoms with Crippen LogP contribution in [0.3, 0.4) is 0 Å². The second-order valence-electron chi connectivity index (χ2n) is 8.64. The van der Waals surface area contributed by atoms with Crippen LogP contribution >= 0.6 is 22.7 Å². The molecule has 0 bridgehead atoms. The average Bonchev–Trinajstić information content (AvgIpc) is 3.54. The van der Waals surface area contributed by atoms with Gasteiger partial charge in [0.15, 0.2) is 17.3 Å². The Balaban J connectivity index is 0.00000129. The Bertz CT molecular complexity index is 2090. The topological polar surface area (TPSA) is 51.6 Å². The fraction of sp³-hybridized carbons (Fsp3) is 0.125. The van der Waals surface area contributed by atoms with Gasteiger partial charge in [0.2, 0.25) is 0 Å². The normalized spacial score (nSPS) is 12.5. The first-order valence-electron chi connectivity index (χ1n) is 12.8. The summed E-state index contributed by atoms with van der Waals surface area (Å²) in [4.78, 5) is 18.9. The molecule has 0 aliphatic carbocycles. The van der Waals surface area contributed by atoms with E-state index in [1.54, 1.807) is 22.7 Å². The monoisotopic (exact) mass is 530 g/mol. The van der Waals surface area contributed by atoms with Crippen LogP contribution in [-0.2, 0) is 0 Å². The maximum atomic E-state index is 4.83. The smallest absolute Gasteiger partial charge is 0.167 e. The van der Waals surface area contributed by atoms with Crippen molar-refractivity contribution in [3.8, 4) is 22.8 Å². The summed E-state index contributed by atoms with van der Waals surface area (Å²) in [6, 6.07) is 21.4. The van der Waals surface area contributed by atoms with Crippen LogP contribution in [0.4, 0.5) is 0 Å². The van der Waals surface area contributed by atoms with E-state index >= 15 is 0 Å². The number of benzene rings is 3. The summed E-state index contributed by atoms with van der Waals surface area (Å²) in [5, 5.41) is 5.93. The second-order valence-corrected chi connectivity index (χ2v) is 10.8. The molecule has 0 N–H and O–H groups in total. The third-order valence-electron chi connectivity index (χ3n) is 6.54. The van der Waals surface area contributed by atoms with Gasteiger partial charge in [-0.25, -0.2) is 19.9 Å². The molecule has 4 nitrogen and oxygen atoms in total. The minimum Gasteiger partial charge on any atom is -0.236 e. The van der Waals surface area contributed by atoms with E-state index in [4.69, 9.17) is 9.97 Å². The van der Waals surface area contributed by atoms with Crippen molar-refractivity contribution < 1.29 is 0 Å². The van der Waals surface area contributed by atoms with Crippen LogP contribution in [-0.4, -0.2) is 19.9 Å². The largest absolute Gasteiger partial charge is 0.236 e. The minimum absolute atomic E-state index is 0.651. The quantitative estimate of drug-likeness (QED) is 0.227. The minimum atomic E-state index is 0.651. The molecule has 0 aliphatic heterocycles. The molecule has 0 saturated carbocycles. The van der Waals surface area contributed by atoms with Crippen molar-refractivity contribution in [1.29, 1.82) is 0 Å². The summed E-state index contributed by atoms with van der Waals surface area (Å²) < 4.78 is 5.05. The van der Waals surface area contributed by atoms with E-state index in [-0.39, 0.29) is 0 Å². The Morgan fingerprint density at radius 3 is 1.89 bits per heavy atom. The molecule has 0 fully saturated rings. The van der Waals surface area contributed by atoms with Gasteiger partial charge < -0.3 is 0 Å². The predicted octanol–water partition coefficient (Wildman–Crippen LogP) is 7.96. The number of hydrogen-bond acceptors (Lipinski definition) is 6. The Morgan fingerprint density at radius 1 is 0.632 bits per heavy atom. The molecule has 0 aliphatic rings. The van der Waals surface area contributed by atoms with Crippen LogP contribution in [0.1, 0.15) is 27.7 Å². The van der Waals surface area contributed by atoms with E-state index in [1.165, 1.54) is 40.0 Å². The third kappa shape index (κ3) is 4.06. The highest BCUT2D eigenvalue weighted by Crippen LogP contribution is 2.35. The Morgan fingerprint density at radius 2 is 1.24 bits per heavy atom. The first kappa shape index (κ1) is 24.3. The van der Waals surface area contributed by atoms with Gasteiger partial charge in [0, 0.05) is 58.3 Å². The van der Waals surface area contributed by atoms with Gasteiger partial charge in [-0.15, -0.1) is 22.7 Å². The van der Waals surface area contributed by atoms with Gasteiger partial charge in [-0.05, 0) is 37.3 Å². The lowest BCUT2D eigenvalue weighted by Crippen LogP contribution is -2.17. The first-order valence-corrected chi connectivity index (χ1v) is 14.4. The summed E-state index contributed by atoms with van der Waals surface area (Å²) in [6.45, 7) is 8.17. The zero-order valence-corrected chi connectivity index (χ0v) is 23.3. The summed E-state index contributed by atoms with van der Waals surface area (Å²) in [6.07, 6.45) is 7.97. The molecule has 3 aromatic carbocycles. The summed E-state index contributed by atoms with van der Waals surface area (Å²) in [5.41, 5.74) is 2.63. The highest BCUT2D eigenvalue weighted by atomic mass is 32.1. The molecular weight excluding hydrogens is 505 g/mol. The molecule has 0 saturated heterocycles. The van der Waals surface area contributed by atoms with Gasteiger partial charge in [-0.1, -0.05) is 68.5 Å². The number of fused-ring (bicyclic) bond motifs is 5. The van der Waals surface area contributed by atoms with Crippen LogP contribution in [0.2, 0.25) is 0 Å². The molecule has 0 unspecified atom stereocenters. The van der Waals surface area contributed by atoms with Crippen molar-refractivity contribution in [3.63, 3.8) is 0 Å². The highest BCUT2D eigenvalue weighted by molar-refractivity contribution is 7.25. The van der Waals surface area contributed by atoms with Crippen molar-refractivity contribution in [2.24, 2.45) is 0 Å². The molecule has 0 amide bonds. The van der Waals surface area contributed by atoms with Crippen LogP contribution in [0.25, 0.3) is 76.2 Å². The average molecular weight is 531 g/mol. The molecule has 4 aromatic heterocycles. The summed E-state index contributed by atoms with van der Waals surface area (Å²) in [7, 11) is 0. The lowest BCUT2D eigenvalue weighted by atomic mass is 10.1. The molecule has 7 rings (SSSR count). The standard InChI is InChI=1S/C30H20N4S2.C2H6/c1-3-20-22-11-9-17(13-26(22)35-24(20)4-2)28-31-15-19-16-32-29(34-30(19)33-28)18-10-12-23-21-7-5-6-8-25(21)36-27(23)14-18;1-2/h3-16H,1-2H3;1-2H3/b20-3-,24-4+;. The van der Waals surface area contributed by atoms with Gasteiger partial charge >= 0.3 is 0 Å². The molecule has 0 atom stereocenters. The number of nitrogens with zero attached hydrogens (tertiary/aromatic N) is 4. The zero-order valence-electron chi connectivity index (χ0n) is 21.7. The van der Waals surface area contributed by atoms with Crippen molar-refractivity contribution in [2.75, 3.05) is 0 Å². The van der Waals surface area contributed by atoms with E-state index in [0.717, 1.165) is 16.5 Å². The molecule has 0 spiro atoms. The van der Waals surface area contributed by atoms with Gasteiger partial charge in [-0.2, -0.15) is 0 Å². The van der Waals surface area contributed by atoms with Crippen molar-refractivity contribution >= 4 is 76.1 Å². The van der Waals surface area contributed by atoms with Gasteiger partial charge in [0.25, 0.3) is 0 Å². The number of rotatable bonds is 2. The number of aromatic nitrogens is 4. The fourth-order valence-electron chi connectivity index (χ4n) is 4.75. The van der Waals surface area contributed by atoms with E-state index < -0.39 is 0 Å². The second kappa shape index (κ2) is 10.0. The lowest BCUT2D eigenvalue weighted by molar-refractivity contribution is 1.15. The fourth-order valence-corrected chi connectivity index (χ4v) is 7.06. The molecular formula is C32H26N4S2. The molecule has 4 heterocycles. The van der Waals surface area contributed by atoms with E-state index in [2.05, 4.69) is 96.6 Å². The van der Waals surface area contributed by atoms with Crippen molar-refractivity contribution in [3.05, 3.63) is 82.8 Å². The molecule has 6 heteroatoms. The Kier molecular flexibility index (Phi) is 6.44. The number of thiophene rings is 2. The number of hydrogen-bond donors (Lipinski definition) is 0. The SMILES string of the molecule is C/C=c1\c(=C/C)sc2cc(-c3ncc4cnc(-c5ccc6c(c5)sc5ccccc56)nc4n3)ccc12.CC. The molecule has 38 heavy (non-hydrogen) atoms. The predicted molar refractivity (Wildman–Crippen MR) is 165 cm³/mol. The third-order valence-corrected chi connectivity index (χ3v) is 8.90. The van der Waals surface area contributed by atoms with Gasteiger partial charge in [-0.3, -0.25) is 0 Å². The van der Waals surface area contributed by atoms with Crippen LogP contribution in [0.5, 0.6) is 0 Å². The van der Waals surface area contributed by atoms with E-state index in [1.807, 2.05) is 26.2 Å². The molecule has 0 radical (unpaired) electrons. The van der Waals surface area contributed by atoms with Gasteiger partial charge in [0.05, 0.1) is 5.39 Å².